The van der Waals surface area contributed by atoms with E-state index in [0.29, 0.717) is 144 Å². The second kappa shape index (κ2) is 37.1. The lowest BCUT2D eigenvalue weighted by atomic mass is 10.0. The Kier molecular flexibility index (Phi) is 29.0. The molecule has 0 saturated carbocycles. The van der Waals surface area contributed by atoms with Crippen molar-refractivity contribution in [1.82, 2.24) is 52.1 Å². The van der Waals surface area contributed by atoms with E-state index in [9.17, 15) is 77.7 Å². The zero-order valence-corrected chi connectivity index (χ0v) is 74.3. The number of sulfonamides is 6. The fourth-order valence-electron chi connectivity index (χ4n) is 15.9. The number of piperidine rings is 5. The number of hydrogen-bond donors (Lipinski definition) is 4. The van der Waals surface area contributed by atoms with Crippen molar-refractivity contribution >= 4 is 126 Å². The van der Waals surface area contributed by atoms with E-state index >= 15 is 0 Å². The Morgan fingerprint density at radius 2 is 0.898 bits per heavy atom. The number of thioether (sulfide) groups is 1. The number of fused-ring (bicyclic) bond motifs is 1. The molecule has 5 aromatic carbocycles. The molecule has 0 bridgehead atoms. The fraction of sp³-hybridized carbons (Fsp3) is 0.539. The van der Waals surface area contributed by atoms with Crippen molar-refractivity contribution in [3.8, 4) is 0 Å². The summed E-state index contributed by atoms with van der Waals surface area (Å²) in [5.74, 6) is 0.168. The molecule has 0 radical (unpaired) electrons. The van der Waals surface area contributed by atoms with Crippen LogP contribution in [0.5, 0.6) is 0 Å². The Bertz CT molecular complexity index is 5310. The summed E-state index contributed by atoms with van der Waals surface area (Å²) in [6, 6.07) is 28.0. The second-order valence-electron chi connectivity index (χ2n) is 30.3. The Morgan fingerprint density at radius 1 is 0.475 bits per heavy atom. The molecule has 648 valence electrons. The summed E-state index contributed by atoms with van der Waals surface area (Å²) in [5.41, 5.74) is -1.68. The van der Waals surface area contributed by atoms with Crippen molar-refractivity contribution in [3.63, 3.8) is 0 Å². The lowest BCUT2D eigenvalue weighted by molar-refractivity contribution is -0.138. The van der Waals surface area contributed by atoms with Crippen molar-refractivity contribution in [2.75, 3.05) is 130 Å². The summed E-state index contributed by atoms with van der Waals surface area (Å²) >= 11 is 7.85. The number of pyridine rings is 1. The van der Waals surface area contributed by atoms with Crippen LogP contribution in [-0.4, -0.2) is 256 Å². The SMILES string of the molecule is CC(=O)c1ccc(S(=O)(=O)N2CCC3(CC2)NCCS3)cc1.CC(=O)c1ccc(S(=O)(=O)N2CCC3(CC2)OCCN3S(=O)(=O)C(C)C)cc1.O=S(=O)(c1ccc(Br)c(C(F)(F)F)c1)N1CCC2(CC1)NCCO2.O=S(=O)(c1ccc(Br)cc1F)N1CCC2(CC1)NCCO2.O=S(=O)(c1cccc2cccnc12)N1CCC2(CC1)NCCO2. The van der Waals surface area contributed by atoms with Gasteiger partial charge in [0.25, 0.3) is 0 Å². The van der Waals surface area contributed by atoms with Crippen molar-refractivity contribution < 1.29 is 96.6 Å². The van der Waals surface area contributed by atoms with Gasteiger partial charge in [-0.3, -0.25) is 30.5 Å². The van der Waals surface area contributed by atoms with Crippen molar-refractivity contribution in [2.24, 2.45) is 0 Å². The maximum atomic E-state index is 13.9. The topological polar surface area (TPSA) is 356 Å². The molecule has 16 rings (SSSR count). The van der Waals surface area contributed by atoms with Crippen LogP contribution in [0.2, 0.25) is 0 Å². The summed E-state index contributed by atoms with van der Waals surface area (Å²) in [6.45, 7) is 15.4. The van der Waals surface area contributed by atoms with Crippen molar-refractivity contribution in [3.05, 3.63) is 153 Å². The largest absolute Gasteiger partial charge is 0.417 e. The molecular weight excluding hydrogens is 1820 g/mol. The number of carbonyl (C=O) groups excluding carboxylic acids is 2. The number of benzene rings is 5. The third-order valence-electron chi connectivity index (χ3n) is 22.8. The summed E-state index contributed by atoms with van der Waals surface area (Å²) in [7, 11) is -22.0. The van der Waals surface area contributed by atoms with E-state index in [4.69, 9.17) is 18.9 Å². The Balaban J connectivity index is 0.000000136. The molecule has 5 spiro atoms. The van der Waals surface area contributed by atoms with Gasteiger partial charge in [0.15, 0.2) is 11.6 Å². The lowest BCUT2D eigenvalue weighted by Crippen LogP contribution is -2.56. The third kappa shape index (κ3) is 20.3. The van der Waals surface area contributed by atoms with Gasteiger partial charge in [-0.15, -0.1) is 11.8 Å². The monoisotopic (exact) mass is 1910 g/mol. The van der Waals surface area contributed by atoms with Gasteiger partial charge in [-0.25, -0.2) is 54.9 Å². The molecule has 0 atom stereocenters. The summed E-state index contributed by atoms with van der Waals surface area (Å²) in [5, 5.41) is 13.6. The highest BCUT2D eigenvalue weighted by molar-refractivity contribution is 9.10. The number of ether oxygens (including phenoxy) is 4. The van der Waals surface area contributed by atoms with Gasteiger partial charge in [0.05, 0.1) is 62.3 Å². The average molecular weight is 1910 g/mol. The molecule has 118 heavy (non-hydrogen) atoms. The Labute approximate surface area is 708 Å². The van der Waals surface area contributed by atoms with E-state index in [-0.39, 0.29) is 90.1 Å². The van der Waals surface area contributed by atoms with Gasteiger partial charge in [-0.05, 0) is 113 Å². The number of Topliss-reactive ketones (excluding diaryl/α,β-unsaturated/α-hetero) is 2. The minimum atomic E-state index is -4.63. The minimum Gasteiger partial charge on any atom is -0.359 e. The summed E-state index contributed by atoms with van der Waals surface area (Å²) < 4.78 is 238. The number of nitrogens with zero attached hydrogens (tertiary/aromatic N) is 7. The van der Waals surface area contributed by atoms with Crippen LogP contribution in [0.15, 0.2) is 155 Å². The minimum absolute atomic E-state index is 0.0619. The fourth-order valence-corrected chi connectivity index (χ4v) is 27.0. The Hall–Kier alpha value is -4.98. The number of alkyl halides is 3. The Morgan fingerprint density at radius 3 is 1.31 bits per heavy atom. The summed E-state index contributed by atoms with van der Waals surface area (Å²) in [4.78, 5) is 27.0. The molecule has 1 aromatic heterocycles. The molecule has 10 fully saturated rings. The predicted octanol–water partition coefficient (Wildman–Crippen LogP) is 8.74. The number of aromatic nitrogens is 1. The molecule has 6 aromatic rings. The number of rotatable bonds is 14. The van der Waals surface area contributed by atoms with Gasteiger partial charge >= 0.3 is 6.18 Å². The van der Waals surface area contributed by atoms with Crippen molar-refractivity contribution in [1.29, 1.82) is 0 Å². The first-order valence-electron chi connectivity index (χ1n) is 38.7. The van der Waals surface area contributed by atoms with E-state index in [2.05, 4.69) is 58.1 Å². The highest BCUT2D eigenvalue weighted by Crippen LogP contribution is 2.43. The number of ketones is 2. The molecule has 0 aliphatic carbocycles. The van der Waals surface area contributed by atoms with Crippen LogP contribution in [0.4, 0.5) is 17.6 Å². The van der Waals surface area contributed by atoms with E-state index in [1.165, 1.54) is 91.7 Å². The first kappa shape index (κ1) is 92.2. The smallest absolute Gasteiger partial charge is 0.359 e. The standard InChI is InChI=1S/C18H26N2O6S2.C16H19N3O3S.C15H20N2O3S2.C14H16BrF3N2O3S.C13H16BrFN2O3S/c1-14(2)27(22,23)20-12-13-26-18(20)8-10-19(11-9-18)28(24,25)17-6-4-16(5-7-17)15(3)21;20-23(21,14-5-1-3-13-4-2-8-17-15(13)14)19-10-6-16(7-11-19)18-9-12-22-16;1-12(18)13-2-4-14(5-3-13)22(19,20)17-9-6-15(7-10-17)16-8-11-21-15;15-12-2-1-10(9-11(12)14(16,17)18)24(21,22)20-6-3-13(4-7-20)19-5-8-23-13;14-10-1-2-12(11(15)9-10)21(18,19)17-6-3-13(4-7-17)16-5-8-20-13/h4-7,14H,8-13H2,1-3H3;1-5,8,18H,6-7,9-12H2;2-5,16H,6-11H2,1H3;1-2,9,19H,3-8H2;1-2,9,16H,3-8H2. The van der Waals surface area contributed by atoms with Crippen LogP contribution in [0.1, 0.15) is 118 Å². The average Bonchev–Trinajstić information content (AvgIpc) is 1.60. The van der Waals surface area contributed by atoms with Gasteiger partial charge in [0.1, 0.15) is 38.5 Å². The molecular formula is C76H97Br2F4N11O18S7. The maximum Gasteiger partial charge on any atom is 0.417 e. The third-order valence-corrected chi connectivity index (χ3v) is 37.4. The first-order chi connectivity index (χ1) is 55.6. The molecule has 10 aliphatic rings. The predicted molar refractivity (Wildman–Crippen MR) is 441 cm³/mol. The van der Waals surface area contributed by atoms with Gasteiger partial charge in [-0.2, -0.15) is 39.0 Å². The zero-order valence-electron chi connectivity index (χ0n) is 65.4. The summed E-state index contributed by atoms with van der Waals surface area (Å²) in [6.07, 6.45) is 2.66. The maximum absolute atomic E-state index is 13.9. The van der Waals surface area contributed by atoms with E-state index in [0.717, 1.165) is 49.7 Å². The highest BCUT2D eigenvalue weighted by Gasteiger charge is 2.53. The van der Waals surface area contributed by atoms with Crippen molar-refractivity contribution in [2.45, 2.75) is 156 Å². The van der Waals surface area contributed by atoms with Gasteiger partial charge < -0.3 is 24.3 Å². The van der Waals surface area contributed by atoms with Crippen LogP contribution in [0, 0.1) is 5.82 Å². The van der Waals surface area contributed by atoms with E-state index in [1.54, 1.807) is 52.9 Å². The molecule has 11 heterocycles. The van der Waals surface area contributed by atoms with E-state index < -0.39 is 100 Å². The number of carbonyl (C=O) groups is 2. The van der Waals surface area contributed by atoms with Crippen LogP contribution in [-0.2, 0) is 85.3 Å². The normalized spacial score (nSPS) is 22.0. The molecule has 42 heteroatoms. The number of halogens is 6. The highest BCUT2D eigenvalue weighted by atomic mass is 79.9. The van der Waals surface area contributed by atoms with Gasteiger partial charge in [-0.1, -0.05) is 74.3 Å². The quantitative estimate of drug-likeness (QED) is 0.0584. The molecule has 10 aliphatic heterocycles. The molecule has 0 amide bonds. The number of para-hydroxylation sites is 1. The van der Waals surface area contributed by atoms with Crippen LogP contribution < -0.4 is 21.3 Å². The molecule has 0 unspecified atom stereocenters. The van der Waals surface area contributed by atoms with Crippen LogP contribution >= 0.6 is 43.6 Å². The van der Waals surface area contributed by atoms with Crippen LogP contribution in [0.25, 0.3) is 10.9 Å². The number of nitrogens with one attached hydrogen (secondary N) is 4. The zero-order chi connectivity index (χ0) is 85.1. The molecule has 29 nitrogen and oxygen atoms in total. The molecule has 10 saturated heterocycles. The first-order valence-corrected chi connectivity index (χ1v) is 50.0. The second-order valence-corrected chi connectivity index (χ2v) is 45.6. The molecule has 4 N–H and O–H groups in total. The lowest BCUT2D eigenvalue weighted by Gasteiger charge is -2.42. The van der Waals surface area contributed by atoms with Crippen LogP contribution in [0.3, 0.4) is 0 Å². The number of hydrogen-bond acceptors (Lipinski definition) is 24. The van der Waals surface area contributed by atoms with E-state index in [1.807, 2.05) is 30.0 Å². The van der Waals surface area contributed by atoms with Gasteiger partial charge in [0, 0.05) is 187 Å². The van der Waals surface area contributed by atoms with Gasteiger partial charge in [0.2, 0.25) is 60.1 Å².